The standard InChI is InChI=1S/C20H34O2.2C5H12/c1-9-21-15-20(7,8)22-17-12-10-16(11-13-17)19(5,6)14-18(2,3)4;2*1-4-5(2)3/h10-13H,9,14-15H2,1-8H3;2*5H,4H2,1-3H3. The number of hydrogen-bond acceptors (Lipinski definition) is 2. The van der Waals surface area contributed by atoms with E-state index in [0.717, 1.165) is 24.0 Å². The molecule has 0 aliphatic carbocycles. The second-order valence-electron chi connectivity index (χ2n) is 12.2. The average Bonchev–Trinajstić information content (AvgIpc) is 2.65. The zero-order chi connectivity index (χ0) is 25.6. The molecule has 2 heteroatoms. The molecule has 0 amide bonds. The van der Waals surface area contributed by atoms with Gasteiger partial charge in [0.2, 0.25) is 0 Å². The second-order valence-corrected chi connectivity index (χ2v) is 12.2. The molecule has 0 fully saturated rings. The molecule has 0 saturated carbocycles. The predicted molar refractivity (Wildman–Crippen MR) is 145 cm³/mol. The lowest BCUT2D eigenvalue weighted by Crippen LogP contribution is -2.34. The predicted octanol–water partition coefficient (Wildman–Crippen LogP) is 9.70. The highest BCUT2D eigenvalue weighted by Crippen LogP contribution is 2.36. The number of hydrogen-bond donors (Lipinski definition) is 0. The van der Waals surface area contributed by atoms with E-state index < -0.39 is 0 Å². The molecule has 0 aliphatic heterocycles. The van der Waals surface area contributed by atoms with Crippen LogP contribution in [0.3, 0.4) is 0 Å². The Labute approximate surface area is 202 Å². The molecular weight excluding hydrogens is 392 g/mol. The Balaban J connectivity index is 0. The first-order valence-corrected chi connectivity index (χ1v) is 12.9. The van der Waals surface area contributed by atoms with Crippen LogP contribution in [0.5, 0.6) is 5.75 Å². The van der Waals surface area contributed by atoms with Crippen LogP contribution in [0.2, 0.25) is 0 Å². The summed E-state index contributed by atoms with van der Waals surface area (Å²) in [7, 11) is 0. The third-order valence-electron chi connectivity index (χ3n) is 5.29. The fraction of sp³-hybridized carbons (Fsp3) is 0.800. The van der Waals surface area contributed by atoms with E-state index >= 15 is 0 Å². The molecule has 0 aliphatic rings. The highest BCUT2D eigenvalue weighted by molar-refractivity contribution is 5.32. The van der Waals surface area contributed by atoms with Crippen LogP contribution >= 0.6 is 0 Å². The van der Waals surface area contributed by atoms with Gasteiger partial charge >= 0.3 is 0 Å². The Morgan fingerprint density at radius 3 is 1.44 bits per heavy atom. The van der Waals surface area contributed by atoms with Crippen molar-refractivity contribution in [3.8, 4) is 5.75 Å². The Bertz CT molecular complexity index is 551. The van der Waals surface area contributed by atoms with Crippen LogP contribution in [0.4, 0.5) is 0 Å². The van der Waals surface area contributed by atoms with Gasteiger partial charge in [0.25, 0.3) is 0 Å². The van der Waals surface area contributed by atoms with Crippen molar-refractivity contribution in [2.75, 3.05) is 13.2 Å². The van der Waals surface area contributed by atoms with Gasteiger partial charge in [0, 0.05) is 6.61 Å². The summed E-state index contributed by atoms with van der Waals surface area (Å²) >= 11 is 0. The van der Waals surface area contributed by atoms with Crippen molar-refractivity contribution in [1.29, 1.82) is 0 Å². The molecule has 1 aromatic carbocycles. The summed E-state index contributed by atoms with van der Waals surface area (Å²) in [6, 6.07) is 8.54. The average molecular weight is 451 g/mol. The van der Waals surface area contributed by atoms with E-state index in [1.165, 1.54) is 18.4 Å². The van der Waals surface area contributed by atoms with Crippen molar-refractivity contribution < 1.29 is 9.47 Å². The van der Waals surface area contributed by atoms with E-state index in [1.54, 1.807) is 0 Å². The van der Waals surface area contributed by atoms with Crippen LogP contribution in [0.1, 0.15) is 122 Å². The lowest BCUT2D eigenvalue weighted by molar-refractivity contribution is 0.00111. The normalized spacial score (nSPS) is 12.1. The van der Waals surface area contributed by atoms with E-state index in [2.05, 4.69) is 114 Å². The minimum Gasteiger partial charge on any atom is -0.485 e. The first-order chi connectivity index (χ1) is 14.5. The van der Waals surface area contributed by atoms with E-state index in [0.29, 0.717) is 18.6 Å². The highest BCUT2D eigenvalue weighted by Gasteiger charge is 2.27. The quantitative estimate of drug-likeness (QED) is 0.372. The maximum atomic E-state index is 6.05. The van der Waals surface area contributed by atoms with Gasteiger partial charge in [-0.15, -0.1) is 0 Å². The Morgan fingerprint density at radius 1 is 0.719 bits per heavy atom. The minimum atomic E-state index is -0.307. The Hall–Kier alpha value is -1.02. The van der Waals surface area contributed by atoms with Gasteiger partial charge in [-0.3, -0.25) is 0 Å². The van der Waals surface area contributed by atoms with Crippen LogP contribution < -0.4 is 4.74 Å². The van der Waals surface area contributed by atoms with Crippen LogP contribution in [0.15, 0.2) is 24.3 Å². The molecular formula is C30H58O2. The van der Waals surface area contributed by atoms with E-state index in [-0.39, 0.29) is 11.0 Å². The number of rotatable bonds is 9. The first-order valence-electron chi connectivity index (χ1n) is 12.9. The van der Waals surface area contributed by atoms with E-state index in [1.807, 2.05) is 6.92 Å². The SMILES string of the molecule is CCC(C)C.CCC(C)C.CCOCC(C)(C)Oc1ccc(C(C)(C)CC(C)(C)C)cc1. The van der Waals surface area contributed by atoms with Crippen molar-refractivity contribution in [1.82, 2.24) is 0 Å². The minimum absolute atomic E-state index is 0.164. The van der Waals surface area contributed by atoms with Gasteiger partial charge in [0.1, 0.15) is 11.4 Å². The van der Waals surface area contributed by atoms with Crippen molar-refractivity contribution in [3.63, 3.8) is 0 Å². The third-order valence-corrected chi connectivity index (χ3v) is 5.29. The molecule has 0 atom stereocenters. The molecule has 2 nitrogen and oxygen atoms in total. The van der Waals surface area contributed by atoms with Crippen LogP contribution in [-0.2, 0) is 10.2 Å². The van der Waals surface area contributed by atoms with Crippen molar-refractivity contribution >= 4 is 0 Å². The van der Waals surface area contributed by atoms with Gasteiger partial charge in [0.15, 0.2) is 0 Å². The molecule has 0 saturated heterocycles. The smallest absolute Gasteiger partial charge is 0.127 e. The molecule has 1 aromatic rings. The van der Waals surface area contributed by atoms with Crippen LogP contribution in [-0.4, -0.2) is 18.8 Å². The van der Waals surface area contributed by atoms with Gasteiger partial charge in [-0.2, -0.15) is 0 Å². The van der Waals surface area contributed by atoms with Gasteiger partial charge < -0.3 is 9.47 Å². The molecule has 0 spiro atoms. The Morgan fingerprint density at radius 2 is 1.12 bits per heavy atom. The Kier molecular flexibility index (Phi) is 16.3. The molecule has 32 heavy (non-hydrogen) atoms. The van der Waals surface area contributed by atoms with Gasteiger partial charge in [-0.05, 0) is 67.6 Å². The molecule has 0 bridgehead atoms. The fourth-order valence-electron chi connectivity index (χ4n) is 3.10. The molecule has 190 valence electrons. The largest absolute Gasteiger partial charge is 0.485 e. The van der Waals surface area contributed by atoms with E-state index in [4.69, 9.17) is 9.47 Å². The zero-order valence-corrected chi connectivity index (χ0v) is 24.3. The van der Waals surface area contributed by atoms with Crippen molar-refractivity contribution in [2.45, 2.75) is 127 Å². The van der Waals surface area contributed by atoms with Gasteiger partial charge in [-0.1, -0.05) is 101 Å². The number of benzene rings is 1. The second kappa shape index (κ2) is 15.8. The maximum absolute atomic E-state index is 6.05. The summed E-state index contributed by atoms with van der Waals surface area (Å²) in [5.74, 6) is 2.67. The topological polar surface area (TPSA) is 18.5 Å². The molecule has 0 unspecified atom stereocenters. The summed E-state index contributed by atoms with van der Waals surface area (Å²) in [5, 5.41) is 0. The summed E-state index contributed by atoms with van der Waals surface area (Å²) in [5.41, 5.74) is 1.53. The van der Waals surface area contributed by atoms with Gasteiger partial charge in [-0.25, -0.2) is 0 Å². The lowest BCUT2D eigenvalue weighted by Gasteiger charge is -2.33. The summed E-state index contributed by atoms with van der Waals surface area (Å²) in [6.07, 6.45) is 3.76. The third kappa shape index (κ3) is 18.5. The number of ether oxygens (including phenoxy) is 2. The molecule has 1 rings (SSSR count). The van der Waals surface area contributed by atoms with Crippen LogP contribution in [0.25, 0.3) is 0 Å². The summed E-state index contributed by atoms with van der Waals surface area (Å²) < 4.78 is 11.5. The van der Waals surface area contributed by atoms with Gasteiger partial charge in [0.05, 0.1) is 6.61 Å². The highest BCUT2D eigenvalue weighted by atomic mass is 16.5. The monoisotopic (exact) mass is 450 g/mol. The molecule has 0 radical (unpaired) electrons. The van der Waals surface area contributed by atoms with E-state index in [9.17, 15) is 0 Å². The van der Waals surface area contributed by atoms with Crippen molar-refractivity contribution in [2.24, 2.45) is 17.3 Å². The van der Waals surface area contributed by atoms with Crippen molar-refractivity contribution in [3.05, 3.63) is 29.8 Å². The fourth-order valence-corrected chi connectivity index (χ4v) is 3.10. The summed E-state index contributed by atoms with van der Waals surface area (Å²) in [6.45, 7) is 32.2. The maximum Gasteiger partial charge on any atom is 0.127 e. The molecule has 0 aromatic heterocycles. The first kappa shape index (κ1) is 33.2. The zero-order valence-electron chi connectivity index (χ0n) is 24.3. The lowest BCUT2D eigenvalue weighted by atomic mass is 9.72. The molecule has 0 N–H and O–H groups in total. The molecule has 0 heterocycles. The van der Waals surface area contributed by atoms with Crippen LogP contribution in [0, 0.1) is 17.3 Å². The summed E-state index contributed by atoms with van der Waals surface area (Å²) in [4.78, 5) is 0.